The highest BCUT2D eigenvalue weighted by molar-refractivity contribution is 7.91. The molecular formula is C18H15F3N6O3S. The zero-order valence-corrected chi connectivity index (χ0v) is 17.0. The van der Waals surface area contributed by atoms with Crippen molar-refractivity contribution in [2.45, 2.75) is 18.0 Å². The van der Waals surface area contributed by atoms with Crippen LogP contribution in [-0.4, -0.2) is 44.0 Å². The normalized spacial score (nSPS) is 12.7. The summed E-state index contributed by atoms with van der Waals surface area (Å²) in [6.45, 7) is 1.46. The van der Waals surface area contributed by atoms with Gasteiger partial charge in [-0.2, -0.15) is 13.2 Å². The lowest BCUT2D eigenvalue weighted by atomic mass is 10.2. The number of sulfone groups is 1. The molecule has 9 nitrogen and oxygen atoms in total. The zero-order valence-electron chi connectivity index (χ0n) is 16.2. The maximum atomic E-state index is 13.0. The number of amides is 1. The fourth-order valence-corrected chi connectivity index (χ4v) is 4.27. The van der Waals surface area contributed by atoms with Gasteiger partial charge in [-0.05, 0) is 12.1 Å². The maximum absolute atomic E-state index is 13.0. The summed E-state index contributed by atoms with van der Waals surface area (Å²) in [6.07, 6.45) is -1.04. The highest BCUT2D eigenvalue weighted by atomic mass is 32.2. The minimum Gasteiger partial charge on any atom is -0.364 e. The minimum atomic E-state index is -4.65. The fraction of sp³-hybridized carbons (Fsp3) is 0.222. The Morgan fingerprint density at radius 3 is 2.52 bits per heavy atom. The van der Waals surface area contributed by atoms with Crippen LogP contribution in [0.15, 0.2) is 35.6 Å². The third-order valence-corrected chi connectivity index (χ3v) is 6.58. The van der Waals surface area contributed by atoms with E-state index < -0.39 is 27.6 Å². The van der Waals surface area contributed by atoms with E-state index in [1.807, 2.05) is 0 Å². The molecule has 0 aliphatic carbocycles. The van der Waals surface area contributed by atoms with Crippen molar-refractivity contribution in [3.05, 3.63) is 42.1 Å². The Labute approximate surface area is 173 Å². The Kier molecular flexibility index (Phi) is 4.54. The lowest BCUT2D eigenvalue weighted by molar-refractivity contribution is -0.141. The number of primary amides is 1. The number of aryl methyl sites for hydroxylation is 1. The number of rotatable bonds is 4. The quantitative estimate of drug-likeness (QED) is 0.506. The fourth-order valence-electron chi connectivity index (χ4n) is 3.20. The number of imidazole rings is 2. The summed E-state index contributed by atoms with van der Waals surface area (Å²) >= 11 is 0. The summed E-state index contributed by atoms with van der Waals surface area (Å²) in [6, 6.07) is 2.19. The first kappa shape index (κ1) is 20.8. The number of pyridine rings is 2. The van der Waals surface area contributed by atoms with Crippen molar-refractivity contribution in [3.63, 3.8) is 0 Å². The van der Waals surface area contributed by atoms with Gasteiger partial charge in [0.1, 0.15) is 22.9 Å². The van der Waals surface area contributed by atoms with Crippen molar-refractivity contribution in [1.29, 1.82) is 0 Å². The van der Waals surface area contributed by atoms with Gasteiger partial charge in [0.05, 0.1) is 27.9 Å². The van der Waals surface area contributed by atoms with E-state index in [1.165, 1.54) is 41.4 Å². The SMILES string of the molecule is CCS(=O)(=O)c1cn2cc(C(N)=O)nc2cc1-c1nc2cc(C(F)(F)F)ncc2n1C. The van der Waals surface area contributed by atoms with Gasteiger partial charge in [-0.25, -0.2) is 23.4 Å². The number of aromatic nitrogens is 5. The van der Waals surface area contributed by atoms with E-state index >= 15 is 0 Å². The maximum Gasteiger partial charge on any atom is 0.433 e. The first-order valence-electron chi connectivity index (χ1n) is 8.87. The summed E-state index contributed by atoms with van der Waals surface area (Å²) < 4.78 is 67.4. The van der Waals surface area contributed by atoms with E-state index in [4.69, 9.17) is 5.73 Å². The lowest BCUT2D eigenvalue weighted by Gasteiger charge is -2.10. The molecular weight excluding hydrogens is 437 g/mol. The summed E-state index contributed by atoms with van der Waals surface area (Å²) in [5.74, 6) is -0.917. The van der Waals surface area contributed by atoms with Crippen LogP contribution in [-0.2, 0) is 23.1 Å². The number of carbonyl (C=O) groups excluding carboxylic acids is 1. The number of hydrogen-bond donors (Lipinski definition) is 1. The van der Waals surface area contributed by atoms with Gasteiger partial charge in [-0.15, -0.1) is 0 Å². The number of carbonyl (C=O) groups is 1. The van der Waals surface area contributed by atoms with Crippen LogP contribution >= 0.6 is 0 Å². The molecule has 0 fully saturated rings. The van der Waals surface area contributed by atoms with Crippen molar-refractivity contribution in [2.75, 3.05) is 5.75 Å². The van der Waals surface area contributed by atoms with Crippen molar-refractivity contribution in [2.24, 2.45) is 12.8 Å². The van der Waals surface area contributed by atoms with Crippen molar-refractivity contribution in [3.8, 4) is 11.4 Å². The molecule has 0 aliphatic rings. The van der Waals surface area contributed by atoms with Gasteiger partial charge in [-0.1, -0.05) is 6.92 Å². The average Bonchev–Trinajstić information content (AvgIpc) is 3.27. The molecule has 4 aromatic rings. The second kappa shape index (κ2) is 6.77. The van der Waals surface area contributed by atoms with Crippen LogP contribution in [0, 0.1) is 0 Å². The van der Waals surface area contributed by atoms with Gasteiger partial charge in [-0.3, -0.25) is 4.79 Å². The molecule has 0 saturated heterocycles. The second-order valence-corrected chi connectivity index (χ2v) is 9.01. The first-order chi connectivity index (χ1) is 14.4. The van der Waals surface area contributed by atoms with Crippen molar-refractivity contribution < 1.29 is 26.4 Å². The number of fused-ring (bicyclic) bond motifs is 2. The highest BCUT2D eigenvalue weighted by Crippen LogP contribution is 2.33. The lowest BCUT2D eigenvalue weighted by Crippen LogP contribution is -2.10. The van der Waals surface area contributed by atoms with E-state index in [0.29, 0.717) is 0 Å². The molecule has 0 aliphatic heterocycles. The predicted molar refractivity (Wildman–Crippen MR) is 104 cm³/mol. The molecule has 0 aromatic carbocycles. The molecule has 0 atom stereocenters. The van der Waals surface area contributed by atoms with Gasteiger partial charge >= 0.3 is 6.18 Å². The Bertz CT molecular complexity index is 1470. The molecule has 4 aromatic heterocycles. The first-order valence-corrected chi connectivity index (χ1v) is 10.5. The van der Waals surface area contributed by atoms with Crippen molar-refractivity contribution in [1.82, 2.24) is 23.9 Å². The molecule has 0 unspecified atom stereocenters. The van der Waals surface area contributed by atoms with Crippen LogP contribution in [0.1, 0.15) is 23.1 Å². The number of halogens is 3. The largest absolute Gasteiger partial charge is 0.433 e. The van der Waals surface area contributed by atoms with Crippen LogP contribution in [0.2, 0.25) is 0 Å². The summed E-state index contributed by atoms with van der Waals surface area (Å²) in [7, 11) is -2.24. The van der Waals surface area contributed by atoms with E-state index in [2.05, 4.69) is 15.0 Å². The Morgan fingerprint density at radius 1 is 1.19 bits per heavy atom. The van der Waals surface area contributed by atoms with Gasteiger partial charge in [0, 0.05) is 25.0 Å². The molecule has 0 spiro atoms. The molecule has 162 valence electrons. The smallest absolute Gasteiger partial charge is 0.364 e. The minimum absolute atomic E-state index is 0.000659. The van der Waals surface area contributed by atoms with Gasteiger partial charge in [0.15, 0.2) is 9.84 Å². The van der Waals surface area contributed by atoms with E-state index in [9.17, 15) is 26.4 Å². The summed E-state index contributed by atoms with van der Waals surface area (Å²) in [5.41, 5.74) is 4.71. The molecule has 13 heteroatoms. The molecule has 2 N–H and O–H groups in total. The molecule has 31 heavy (non-hydrogen) atoms. The standard InChI is InChI=1S/C18H15F3N6O3S/c1-3-31(29,30)13-8-27-7-11(16(22)28)24-15(27)4-9(13)17-25-10-5-14(18(19,20)21)23-6-12(10)26(17)2/h4-8H,3H2,1-2H3,(H2,22,28). The summed E-state index contributed by atoms with van der Waals surface area (Å²) in [4.78, 5) is 23.1. The second-order valence-electron chi connectivity index (χ2n) is 6.76. The molecule has 1 amide bonds. The third kappa shape index (κ3) is 3.40. The van der Waals surface area contributed by atoms with Crippen LogP contribution in [0.5, 0.6) is 0 Å². The topological polar surface area (TPSA) is 125 Å². The monoisotopic (exact) mass is 452 g/mol. The molecule has 4 heterocycles. The Balaban J connectivity index is 2.04. The molecule has 4 rings (SSSR count). The van der Waals surface area contributed by atoms with Crippen LogP contribution < -0.4 is 5.73 Å². The molecule has 0 saturated carbocycles. The molecule has 0 bridgehead atoms. The Hall–Kier alpha value is -3.48. The average molecular weight is 452 g/mol. The number of nitrogens with zero attached hydrogens (tertiary/aromatic N) is 5. The Morgan fingerprint density at radius 2 is 1.90 bits per heavy atom. The number of alkyl halides is 3. The predicted octanol–water partition coefficient (Wildman–Crippen LogP) is 2.19. The third-order valence-electron chi connectivity index (χ3n) is 4.82. The highest BCUT2D eigenvalue weighted by Gasteiger charge is 2.33. The van der Waals surface area contributed by atoms with Gasteiger partial charge in [0.2, 0.25) is 0 Å². The number of hydrogen-bond acceptors (Lipinski definition) is 6. The van der Waals surface area contributed by atoms with E-state index in [-0.39, 0.29) is 44.4 Å². The van der Waals surface area contributed by atoms with Crippen molar-refractivity contribution >= 4 is 32.4 Å². The molecule has 0 radical (unpaired) electrons. The van der Waals surface area contributed by atoms with Crippen LogP contribution in [0.25, 0.3) is 28.1 Å². The van der Waals surface area contributed by atoms with Crippen LogP contribution in [0.4, 0.5) is 13.2 Å². The summed E-state index contributed by atoms with van der Waals surface area (Å²) in [5, 5.41) is 0. The van der Waals surface area contributed by atoms with Crippen LogP contribution in [0.3, 0.4) is 0 Å². The van der Waals surface area contributed by atoms with E-state index in [1.54, 1.807) is 0 Å². The van der Waals surface area contributed by atoms with Gasteiger partial charge in [0.25, 0.3) is 5.91 Å². The van der Waals surface area contributed by atoms with E-state index in [0.717, 1.165) is 12.3 Å². The van der Waals surface area contributed by atoms with Gasteiger partial charge < -0.3 is 14.7 Å². The zero-order chi connectivity index (χ0) is 22.7. The number of nitrogens with two attached hydrogens (primary N) is 1.